The summed E-state index contributed by atoms with van der Waals surface area (Å²) < 4.78 is 0. The monoisotopic (exact) mass is 253 g/mol. The number of nitriles is 1. The largest absolute Gasteiger partial charge is 0.312 e. The Kier molecular flexibility index (Phi) is 2.62. The summed E-state index contributed by atoms with van der Waals surface area (Å²) in [6.07, 6.45) is 3.36. The number of rotatable bonds is 2. The van der Waals surface area contributed by atoms with Crippen LogP contribution in [0.15, 0.2) is 30.6 Å². The first kappa shape index (κ1) is 11.6. The highest BCUT2D eigenvalue weighted by Gasteiger charge is 2.45. The number of carbonyl (C=O) groups is 1. The van der Waals surface area contributed by atoms with E-state index in [0.29, 0.717) is 18.9 Å². The van der Waals surface area contributed by atoms with Gasteiger partial charge in [-0.15, -0.1) is 0 Å². The predicted octanol–water partition coefficient (Wildman–Crippen LogP) is 0.681. The molecule has 0 atom stereocenters. The molecule has 3 heterocycles. The fraction of sp³-hybridized carbons (Fsp3) is 0.231. The van der Waals surface area contributed by atoms with Crippen LogP contribution in [0, 0.1) is 16.7 Å². The maximum atomic E-state index is 12.1. The normalized spacial score (nSPS) is 16.4. The fourth-order valence-corrected chi connectivity index (χ4v) is 1.94. The lowest BCUT2D eigenvalue weighted by Crippen LogP contribution is -2.59. The minimum absolute atomic E-state index is 0.311. The van der Waals surface area contributed by atoms with E-state index in [1.54, 1.807) is 24.5 Å². The van der Waals surface area contributed by atoms with Crippen LogP contribution in [-0.4, -0.2) is 29.0 Å². The van der Waals surface area contributed by atoms with Crippen LogP contribution in [0.2, 0.25) is 0 Å². The molecule has 0 aliphatic carbocycles. The molecule has 2 N–H and O–H groups in total. The smallest absolute Gasteiger partial charge is 0.248 e. The molecule has 6 nitrogen and oxygen atoms in total. The second-order valence-electron chi connectivity index (χ2n) is 4.52. The zero-order valence-electron chi connectivity index (χ0n) is 10.1. The molecule has 19 heavy (non-hydrogen) atoms. The fourth-order valence-electron chi connectivity index (χ4n) is 1.94. The Morgan fingerprint density at radius 2 is 2.26 bits per heavy atom. The highest BCUT2D eigenvalue weighted by molar-refractivity contribution is 5.98. The van der Waals surface area contributed by atoms with Gasteiger partial charge in [-0.2, -0.15) is 5.26 Å². The molecule has 1 aliphatic heterocycles. The van der Waals surface area contributed by atoms with Crippen molar-refractivity contribution in [3.05, 3.63) is 30.6 Å². The van der Waals surface area contributed by atoms with Crippen molar-refractivity contribution < 1.29 is 4.79 Å². The lowest BCUT2D eigenvalue weighted by atomic mass is 9.82. The highest BCUT2D eigenvalue weighted by atomic mass is 16.2. The summed E-state index contributed by atoms with van der Waals surface area (Å²) in [6.45, 7) is 0.764. The number of carbonyl (C=O) groups excluding carboxylic acids is 1. The Morgan fingerprint density at radius 1 is 1.42 bits per heavy atom. The van der Waals surface area contributed by atoms with Crippen molar-refractivity contribution in [3.63, 3.8) is 0 Å². The van der Waals surface area contributed by atoms with Gasteiger partial charge in [0.15, 0.2) is 5.41 Å². The zero-order valence-corrected chi connectivity index (χ0v) is 10.1. The molecule has 0 spiro atoms. The van der Waals surface area contributed by atoms with E-state index in [9.17, 15) is 4.79 Å². The number of hydrogen-bond donors (Lipinski definition) is 2. The summed E-state index contributed by atoms with van der Waals surface area (Å²) in [7, 11) is 0. The summed E-state index contributed by atoms with van der Waals surface area (Å²) in [5.74, 6) is 0.139. The van der Waals surface area contributed by atoms with E-state index in [2.05, 4.69) is 26.7 Å². The van der Waals surface area contributed by atoms with E-state index in [1.165, 1.54) is 0 Å². The Labute approximate surface area is 109 Å². The van der Waals surface area contributed by atoms with Gasteiger partial charge in [-0.25, -0.2) is 4.98 Å². The molecule has 1 aliphatic rings. The highest BCUT2D eigenvalue weighted by Crippen LogP contribution is 2.23. The second-order valence-corrected chi connectivity index (χ2v) is 4.52. The number of nitrogens with one attached hydrogen (secondary N) is 2. The van der Waals surface area contributed by atoms with Crippen molar-refractivity contribution >= 4 is 22.6 Å². The standard InChI is InChI=1S/C13H11N5O/c14-6-13(7-16-8-13)12(19)18-11-2-1-9-5-15-4-3-10(9)17-11/h1-5,16H,7-8H2,(H,17,18,19). The molecule has 1 saturated heterocycles. The molecule has 1 fully saturated rings. The quantitative estimate of drug-likeness (QED) is 0.821. The molecule has 6 heteroatoms. The minimum atomic E-state index is -0.963. The zero-order chi connectivity index (χ0) is 13.3. The number of fused-ring (bicyclic) bond motifs is 1. The van der Waals surface area contributed by atoms with Crippen molar-refractivity contribution in [2.45, 2.75) is 0 Å². The molecule has 0 radical (unpaired) electrons. The summed E-state index contributed by atoms with van der Waals surface area (Å²) in [5.41, 5.74) is -0.208. The maximum Gasteiger partial charge on any atom is 0.248 e. The lowest BCUT2D eigenvalue weighted by Gasteiger charge is -2.34. The van der Waals surface area contributed by atoms with Gasteiger partial charge in [0, 0.05) is 30.9 Å². The molecular weight excluding hydrogens is 242 g/mol. The van der Waals surface area contributed by atoms with Crippen molar-refractivity contribution in [1.82, 2.24) is 15.3 Å². The van der Waals surface area contributed by atoms with Gasteiger partial charge in [-0.1, -0.05) is 0 Å². The molecule has 0 unspecified atom stereocenters. The van der Waals surface area contributed by atoms with Crippen molar-refractivity contribution in [2.75, 3.05) is 18.4 Å². The lowest BCUT2D eigenvalue weighted by molar-refractivity contribution is -0.124. The molecule has 2 aromatic heterocycles. The Balaban J connectivity index is 1.86. The van der Waals surface area contributed by atoms with Gasteiger partial charge in [-0.05, 0) is 18.2 Å². The number of aromatic nitrogens is 2. The van der Waals surface area contributed by atoms with Gasteiger partial charge in [0.1, 0.15) is 5.82 Å². The maximum absolute atomic E-state index is 12.1. The first-order valence-corrected chi connectivity index (χ1v) is 5.88. The summed E-state index contributed by atoms with van der Waals surface area (Å²) in [4.78, 5) is 20.4. The van der Waals surface area contributed by atoms with Gasteiger partial charge < -0.3 is 10.6 Å². The average Bonchev–Trinajstić information content (AvgIpc) is 2.38. The molecule has 1 amide bonds. The van der Waals surface area contributed by atoms with Crippen LogP contribution in [0.3, 0.4) is 0 Å². The van der Waals surface area contributed by atoms with Gasteiger partial charge in [-0.3, -0.25) is 9.78 Å². The Bertz CT molecular complexity index is 687. The van der Waals surface area contributed by atoms with Crippen molar-refractivity contribution in [2.24, 2.45) is 5.41 Å². The van der Waals surface area contributed by atoms with Crippen LogP contribution in [0.25, 0.3) is 10.9 Å². The second kappa shape index (κ2) is 4.30. The Hall–Kier alpha value is -2.52. The van der Waals surface area contributed by atoms with E-state index < -0.39 is 5.41 Å². The van der Waals surface area contributed by atoms with Crippen LogP contribution in [0.5, 0.6) is 0 Å². The topological polar surface area (TPSA) is 90.7 Å². The Morgan fingerprint density at radius 3 is 2.95 bits per heavy atom. The van der Waals surface area contributed by atoms with Crippen LogP contribution in [-0.2, 0) is 4.79 Å². The number of amides is 1. The van der Waals surface area contributed by atoms with Crippen LogP contribution in [0.4, 0.5) is 5.82 Å². The molecule has 0 saturated carbocycles. The number of nitrogens with zero attached hydrogens (tertiary/aromatic N) is 3. The van der Waals surface area contributed by atoms with E-state index >= 15 is 0 Å². The third kappa shape index (κ3) is 1.90. The summed E-state index contributed by atoms with van der Waals surface area (Å²) in [6, 6.07) is 7.38. The first-order chi connectivity index (χ1) is 9.23. The van der Waals surface area contributed by atoms with Crippen LogP contribution < -0.4 is 10.6 Å². The molecule has 3 rings (SSSR count). The molecule has 2 aromatic rings. The third-order valence-electron chi connectivity index (χ3n) is 3.23. The third-order valence-corrected chi connectivity index (χ3v) is 3.23. The number of anilines is 1. The summed E-state index contributed by atoms with van der Waals surface area (Å²) in [5, 5.41) is 15.6. The number of hydrogen-bond acceptors (Lipinski definition) is 5. The number of pyridine rings is 2. The van der Waals surface area contributed by atoms with Gasteiger partial charge in [0.05, 0.1) is 11.6 Å². The van der Waals surface area contributed by atoms with Gasteiger partial charge >= 0.3 is 0 Å². The van der Waals surface area contributed by atoms with E-state index in [1.807, 2.05) is 6.07 Å². The van der Waals surface area contributed by atoms with Gasteiger partial charge in [0.25, 0.3) is 0 Å². The van der Waals surface area contributed by atoms with Gasteiger partial charge in [0.2, 0.25) is 5.91 Å². The first-order valence-electron chi connectivity index (χ1n) is 5.88. The van der Waals surface area contributed by atoms with Crippen molar-refractivity contribution in [3.8, 4) is 6.07 Å². The summed E-state index contributed by atoms with van der Waals surface area (Å²) >= 11 is 0. The predicted molar refractivity (Wildman–Crippen MR) is 69.1 cm³/mol. The van der Waals surface area contributed by atoms with Crippen molar-refractivity contribution in [1.29, 1.82) is 5.26 Å². The van der Waals surface area contributed by atoms with Crippen LogP contribution in [0.1, 0.15) is 0 Å². The van der Waals surface area contributed by atoms with E-state index in [0.717, 1.165) is 10.9 Å². The SMILES string of the molecule is N#CC1(C(=O)Nc2ccc3cnccc3n2)CNC1. The molecule has 0 aromatic carbocycles. The molecular formula is C13H11N5O. The minimum Gasteiger partial charge on any atom is -0.312 e. The van der Waals surface area contributed by atoms with Crippen LogP contribution >= 0.6 is 0 Å². The molecule has 0 bridgehead atoms. The van der Waals surface area contributed by atoms with E-state index in [4.69, 9.17) is 5.26 Å². The van der Waals surface area contributed by atoms with E-state index in [-0.39, 0.29) is 5.91 Å². The average molecular weight is 253 g/mol. The molecule has 94 valence electrons.